The van der Waals surface area contributed by atoms with Crippen molar-refractivity contribution in [3.05, 3.63) is 35.4 Å². The maximum Gasteiger partial charge on any atom is 0.183 e. The maximum absolute atomic E-state index is 9.30. The summed E-state index contributed by atoms with van der Waals surface area (Å²) in [5, 5.41) is 9.30. The molecule has 1 rings (SSSR count). The number of hydrogen-bond donors (Lipinski definition) is 1. The molecule has 0 unspecified atom stereocenters. The maximum atomic E-state index is 9.30. The summed E-state index contributed by atoms with van der Waals surface area (Å²) in [4.78, 5) is 0. The van der Waals surface area contributed by atoms with E-state index in [0.29, 0.717) is 19.6 Å². The molecule has 0 bridgehead atoms. The predicted molar refractivity (Wildman–Crippen MR) is 67.8 cm³/mol. The van der Waals surface area contributed by atoms with Crippen molar-refractivity contribution in [3.63, 3.8) is 0 Å². The lowest BCUT2D eigenvalue weighted by Gasteiger charge is -2.17. The molecule has 1 aromatic rings. The molecule has 0 spiro atoms. The van der Waals surface area contributed by atoms with Gasteiger partial charge in [0.25, 0.3) is 0 Å². The molecule has 96 valence electrons. The smallest absolute Gasteiger partial charge is 0.183 e. The van der Waals surface area contributed by atoms with Gasteiger partial charge in [-0.05, 0) is 32.8 Å². The highest BCUT2D eigenvalue weighted by Gasteiger charge is 2.10. The van der Waals surface area contributed by atoms with E-state index in [9.17, 15) is 5.11 Å². The topological polar surface area (TPSA) is 38.7 Å². The minimum atomic E-state index is -0.310. The number of aliphatic hydroxyl groups is 1. The highest BCUT2D eigenvalue weighted by Crippen LogP contribution is 2.19. The Morgan fingerprint density at radius 1 is 1.06 bits per heavy atom. The first kappa shape index (κ1) is 14.2. The summed E-state index contributed by atoms with van der Waals surface area (Å²) in [6, 6.07) is 8.00. The van der Waals surface area contributed by atoms with E-state index in [4.69, 9.17) is 9.47 Å². The molecule has 0 heterocycles. The van der Waals surface area contributed by atoms with Crippen LogP contribution in [0, 0.1) is 0 Å². The summed E-state index contributed by atoms with van der Waals surface area (Å²) in [6.07, 6.45) is 0.0785. The Balaban J connectivity index is 2.69. The molecular weight excluding hydrogens is 216 g/mol. The minimum Gasteiger partial charge on any atom is -0.393 e. The van der Waals surface area contributed by atoms with Crippen LogP contribution in [0.5, 0.6) is 0 Å². The molecule has 0 radical (unpaired) electrons. The Kier molecular flexibility index (Phi) is 6.19. The van der Waals surface area contributed by atoms with Crippen molar-refractivity contribution in [3.8, 4) is 0 Å². The number of aliphatic hydroxyl groups excluding tert-OH is 1. The quantitative estimate of drug-likeness (QED) is 0.742. The summed E-state index contributed by atoms with van der Waals surface area (Å²) in [6.45, 7) is 6.94. The van der Waals surface area contributed by atoms with Crippen LogP contribution in [-0.4, -0.2) is 24.4 Å². The summed E-state index contributed by atoms with van der Waals surface area (Å²) in [5.74, 6) is 0. The van der Waals surface area contributed by atoms with Gasteiger partial charge in [0, 0.05) is 18.8 Å². The van der Waals surface area contributed by atoms with Crippen molar-refractivity contribution in [1.82, 2.24) is 0 Å². The summed E-state index contributed by atoms with van der Waals surface area (Å²) in [5.41, 5.74) is 2.14. The van der Waals surface area contributed by atoms with Crippen LogP contribution < -0.4 is 0 Å². The Morgan fingerprint density at radius 2 is 1.59 bits per heavy atom. The van der Waals surface area contributed by atoms with Crippen LogP contribution in [0.1, 0.15) is 38.2 Å². The van der Waals surface area contributed by atoms with Gasteiger partial charge >= 0.3 is 0 Å². The summed E-state index contributed by atoms with van der Waals surface area (Å²) >= 11 is 0. The van der Waals surface area contributed by atoms with Gasteiger partial charge in [-0.15, -0.1) is 0 Å². The molecule has 1 atom stereocenters. The number of benzene rings is 1. The van der Waals surface area contributed by atoms with Gasteiger partial charge in [-0.1, -0.05) is 24.3 Å². The lowest BCUT2D eigenvalue weighted by molar-refractivity contribution is -0.140. The van der Waals surface area contributed by atoms with Crippen molar-refractivity contribution in [2.45, 2.75) is 39.6 Å². The first-order chi connectivity index (χ1) is 8.17. The van der Waals surface area contributed by atoms with Crippen LogP contribution >= 0.6 is 0 Å². The third-order valence-electron chi connectivity index (χ3n) is 2.42. The van der Waals surface area contributed by atoms with Gasteiger partial charge in [0.05, 0.1) is 6.10 Å². The van der Waals surface area contributed by atoms with E-state index in [1.54, 1.807) is 6.92 Å². The van der Waals surface area contributed by atoms with E-state index in [1.807, 2.05) is 38.1 Å². The van der Waals surface area contributed by atoms with Gasteiger partial charge in [-0.3, -0.25) is 0 Å². The van der Waals surface area contributed by atoms with Gasteiger partial charge in [-0.25, -0.2) is 0 Å². The van der Waals surface area contributed by atoms with E-state index < -0.39 is 0 Å². The fourth-order valence-corrected chi connectivity index (χ4v) is 1.70. The molecule has 0 amide bonds. The highest BCUT2D eigenvalue weighted by atomic mass is 16.7. The SMILES string of the molecule is CCOC(OCC)c1ccc(C[C@@H](C)O)cc1. The molecule has 3 nitrogen and oxygen atoms in total. The molecule has 3 heteroatoms. The molecule has 0 saturated heterocycles. The third kappa shape index (κ3) is 4.86. The zero-order valence-corrected chi connectivity index (χ0v) is 10.8. The van der Waals surface area contributed by atoms with Gasteiger partial charge in [0.15, 0.2) is 6.29 Å². The second kappa shape index (κ2) is 7.43. The van der Waals surface area contributed by atoms with Gasteiger partial charge in [-0.2, -0.15) is 0 Å². The van der Waals surface area contributed by atoms with Crippen molar-refractivity contribution in [1.29, 1.82) is 0 Å². The van der Waals surface area contributed by atoms with Crippen LogP contribution in [0.4, 0.5) is 0 Å². The lowest BCUT2D eigenvalue weighted by atomic mass is 10.1. The Bertz CT molecular complexity index is 300. The number of rotatable bonds is 7. The van der Waals surface area contributed by atoms with Crippen LogP contribution in [0.3, 0.4) is 0 Å². The highest BCUT2D eigenvalue weighted by molar-refractivity contribution is 5.23. The van der Waals surface area contributed by atoms with Crippen molar-refractivity contribution in [2.75, 3.05) is 13.2 Å². The fraction of sp³-hybridized carbons (Fsp3) is 0.571. The normalized spacial score (nSPS) is 13.0. The molecular formula is C14H22O3. The molecule has 0 aliphatic rings. The summed E-state index contributed by atoms with van der Waals surface area (Å²) < 4.78 is 11.0. The summed E-state index contributed by atoms with van der Waals surface area (Å²) in [7, 11) is 0. The molecule has 0 aliphatic carbocycles. The second-order valence-electron chi connectivity index (χ2n) is 4.04. The zero-order valence-electron chi connectivity index (χ0n) is 10.8. The standard InChI is InChI=1S/C14H22O3/c1-4-16-14(17-5-2)13-8-6-12(7-9-13)10-11(3)15/h6-9,11,14-15H,4-5,10H2,1-3H3/t11-/m1/s1. The van der Waals surface area contributed by atoms with Gasteiger partial charge < -0.3 is 14.6 Å². The van der Waals surface area contributed by atoms with Gasteiger partial charge in [0.1, 0.15) is 0 Å². The molecule has 17 heavy (non-hydrogen) atoms. The van der Waals surface area contributed by atoms with E-state index in [-0.39, 0.29) is 12.4 Å². The predicted octanol–water partition coefficient (Wildman–Crippen LogP) is 2.68. The van der Waals surface area contributed by atoms with Crippen LogP contribution in [0.2, 0.25) is 0 Å². The number of ether oxygens (including phenoxy) is 2. The van der Waals surface area contributed by atoms with Crippen molar-refractivity contribution < 1.29 is 14.6 Å². The largest absolute Gasteiger partial charge is 0.393 e. The number of hydrogen-bond acceptors (Lipinski definition) is 3. The first-order valence-corrected chi connectivity index (χ1v) is 6.17. The molecule has 0 aliphatic heterocycles. The zero-order chi connectivity index (χ0) is 12.7. The van der Waals surface area contributed by atoms with Gasteiger partial charge in [0.2, 0.25) is 0 Å². The minimum absolute atomic E-state index is 0.286. The molecule has 0 aromatic heterocycles. The molecule has 1 N–H and O–H groups in total. The second-order valence-corrected chi connectivity index (χ2v) is 4.04. The molecule has 0 fully saturated rings. The average molecular weight is 238 g/mol. The third-order valence-corrected chi connectivity index (χ3v) is 2.42. The van der Waals surface area contributed by atoms with Crippen molar-refractivity contribution >= 4 is 0 Å². The molecule has 0 saturated carbocycles. The molecule has 1 aromatic carbocycles. The van der Waals surface area contributed by atoms with Crippen molar-refractivity contribution in [2.24, 2.45) is 0 Å². The average Bonchev–Trinajstić information content (AvgIpc) is 2.29. The Morgan fingerprint density at radius 3 is 2.00 bits per heavy atom. The van der Waals surface area contributed by atoms with Crippen LogP contribution in [0.25, 0.3) is 0 Å². The lowest BCUT2D eigenvalue weighted by Crippen LogP contribution is -2.09. The van der Waals surface area contributed by atoms with E-state index in [2.05, 4.69) is 0 Å². The van der Waals surface area contributed by atoms with Crippen LogP contribution in [0.15, 0.2) is 24.3 Å². The van der Waals surface area contributed by atoms with E-state index >= 15 is 0 Å². The van der Waals surface area contributed by atoms with E-state index in [0.717, 1.165) is 11.1 Å². The Labute approximate surface area is 103 Å². The Hall–Kier alpha value is -0.900. The fourth-order valence-electron chi connectivity index (χ4n) is 1.70. The monoisotopic (exact) mass is 238 g/mol. The van der Waals surface area contributed by atoms with Crippen LogP contribution in [-0.2, 0) is 15.9 Å². The van der Waals surface area contributed by atoms with E-state index in [1.165, 1.54) is 0 Å². The first-order valence-electron chi connectivity index (χ1n) is 6.17.